The van der Waals surface area contributed by atoms with Crippen molar-refractivity contribution < 1.29 is 4.79 Å². The number of carbonyl (C=O) groups is 1. The summed E-state index contributed by atoms with van der Waals surface area (Å²) in [5, 5.41) is 7.03. The second kappa shape index (κ2) is 9.39. The van der Waals surface area contributed by atoms with Crippen LogP contribution in [0.25, 0.3) is 0 Å². The van der Waals surface area contributed by atoms with E-state index < -0.39 is 0 Å². The van der Waals surface area contributed by atoms with E-state index in [0.29, 0.717) is 19.5 Å². The van der Waals surface area contributed by atoms with Crippen LogP contribution in [0.5, 0.6) is 0 Å². The molecular formula is C22H27N7O. The van der Waals surface area contributed by atoms with E-state index >= 15 is 0 Å². The molecule has 0 atom stereocenters. The molecule has 0 saturated carbocycles. The van der Waals surface area contributed by atoms with E-state index in [1.165, 1.54) is 17.6 Å². The molecule has 1 amide bonds. The molecule has 1 aliphatic heterocycles. The van der Waals surface area contributed by atoms with Crippen LogP contribution in [0.4, 0.5) is 11.5 Å². The van der Waals surface area contributed by atoms with Crippen LogP contribution in [0.2, 0.25) is 0 Å². The molecule has 0 spiro atoms. The van der Waals surface area contributed by atoms with Crippen molar-refractivity contribution in [3.05, 3.63) is 66.4 Å². The van der Waals surface area contributed by atoms with E-state index in [1.54, 1.807) is 11.0 Å². The van der Waals surface area contributed by atoms with Gasteiger partial charge in [0.2, 0.25) is 5.91 Å². The van der Waals surface area contributed by atoms with Gasteiger partial charge >= 0.3 is 0 Å². The average Bonchev–Trinajstić information content (AvgIpc) is 3.31. The molecule has 1 aliphatic rings. The average molecular weight is 406 g/mol. The van der Waals surface area contributed by atoms with Gasteiger partial charge in [-0.15, -0.1) is 0 Å². The lowest BCUT2D eigenvalue weighted by Crippen LogP contribution is -2.47. The number of carbonyl (C=O) groups excluding carboxylic acids is 1. The predicted molar refractivity (Wildman–Crippen MR) is 116 cm³/mol. The van der Waals surface area contributed by atoms with Crippen LogP contribution >= 0.6 is 0 Å². The highest BCUT2D eigenvalue weighted by molar-refractivity contribution is 5.76. The maximum absolute atomic E-state index is 12.2. The highest BCUT2D eigenvalue weighted by atomic mass is 16.1. The molecule has 3 heterocycles. The molecule has 1 saturated heterocycles. The first kappa shape index (κ1) is 19.9. The van der Waals surface area contributed by atoms with E-state index in [2.05, 4.69) is 61.4 Å². The van der Waals surface area contributed by atoms with E-state index in [1.807, 2.05) is 18.3 Å². The number of nitrogens with one attached hydrogen (secondary N) is 1. The first-order valence-electron chi connectivity index (χ1n) is 10.3. The summed E-state index contributed by atoms with van der Waals surface area (Å²) in [5.74, 6) is 0.947. The minimum absolute atomic E-state index is 0.00956. The number of rotatable bonds is 7. The molecule has 0 bridgehead atoms. The number of pyridine rings is 1. The van der Waals surface area contributed by atoms with Gasteiger partial charge in [0.05, 0.1) is 6.54 Å². The molecule has 30 heavy (non-hydrogen) atoms. The normalized spacial score (nSPS) is 14.0. The van der Waals surface area contributed by atoms with Crippen molar-refractivity contribution in [2.75, 3.05) is 36.0 Å². The van der Waals surface area contributed by atoms with Crippen molar-refractivity contribution in [2.24, 2.45) is 0 Å². The van der Waals surface area contributed by atoms with Gasteiger partial charge in [0.15, 0.2) is 0 Å². The van der Waals surface area contributed by atoms with Gasteiger partial charge in [0, 0.05) is 56.6 Å². The van der Waals surface area contributed by atoms with E-state index in [9.17, 15) is 4.79 Å². The van der Waals surface area contributed by atoms with Crippen LogP contribution in [0.3, 0.4) is 0 Å². The molecule has 8 heteroatoms. The lowest BCUT2D eigenvalue weighted by Gasteiger charge is -2.38. The summed E-state index contributed by atoms with van der Waals surface area (Å²) in [7, 11) is 0. The van der Waals surface area contributed by atoms with Crippen LogP contribution in [0, 0.1) is 6.92 Å². The summed E-state index contributed by atoms with van der Waals surface area (Å²) in [6.07, 6.45) is 5.27. The molecule has 1 fully saturated rings. The molecule has 156 valence electrons. The molecule has 0 unspecified atom stereocenters. The van der Waals surface area contributed by atoms with Crippen molar-refractivity contribution in [3.63, 3.8) is 0 Å². The number of amides is 1. The molecule has 1 N–H and O–H groups in total. The first-order valence-corrected chi connectivity index (χ1v) is 10.3. The largest absolute Gasteiger partial charge is 0.368 e. The number of benzene rings is 1. The molecule has 4 rings (SSSR count). The maximum atomic E-state index is 12.2. The second-order valence-corrected chi connectivity index (χ2v) is 7.43. The Morgan fingerprint density at radius 1 is 1.07 bits per heavy atom. The Morgan fingerprint density at radius 2 is 1.87 bits per heavy atom. The van der Waals surface area contributed by atoms with E-state index in [4.69, 9.17) is 0 Å². The number of hydrogen-bond acceptors (Lipinski definition) is 6. The van der Waals surface area contributed by atoms with Gasteiger partial charge in [-0.25, -0.2) is 9.97 Å². The Kier molecular flexibility index (Phi) is 6.22. The molecule has 0 aliphatic carbocycles. The number of hydrogen-bond donors (Lipinski definition) is 1. The quantitative estimate of drug-likeness (QED) is 0.648. The van der Waals surface area contributed by atoms with Gasteiger partial charge in [-0.05, 0) is 24.6 Å². The summed E-state index contributed by atoms with van der Waals surface area (Å²) in [6, 6.07) is 12.5. The SMILES string of the molecule is Cc1ccccc1N1CCN(c2ncccc2CNC(=O)CCn2cncn2)CC1. The third kappa shape index (κ3) is 4.76. The van der Waals surface area contributed by atoms with Crippen molar-refractivity contribution in [2.45, 2.75) is 26.4 Å². The Morgan fingerprint density at radius 3 is 2.63 bits per heavy atom. The fraction of sp³-hybridized carbons (Fsp3) is 0.364. The van der Waals surface area contributed by atoms with Crippen molar-refractivity contribution in [1.82, 2.24) is 25.1 Å². The van der Waals surface area contributed by atoms with Gasteiger partial charge in [-0.1, -0.05) is 24.3 Å². The van der Waals surface area contributed by atoms with Crippen LogP contribution in [-0.4, -0.2) is 51.8 Å². The lowest BCUT2D eigenvalue weighted by atomic mass is 10.1. The van der Waals surface area contributed by atoms with Crippen LogP contribution in [0.15, 0.2) is 55.2 Å². The highest BCUT2D eigenvalue weighted by Gasteiger charge is 2.21. The Labute approximate surface area is 176 Å². The molecule has 3 aromatic rings. The zero-order valence-electron chi connectivity index (χ0n) is 17.2. The zero-order chi connectivity index (χ0) is 20.8. The molecular weight excluding hydrogens is 378 g/mol. The van der Waals surface area contributed by atoms with Crippen LogP contribution in [0.1, 0.15) is 17.5 Å². The third-order valence-corrected chi connectivity index (χ3v) is 5.41. The van der Waals surface area contributed by atoms with Gasteiger partial charge < -0.3 is 15.1 Å². The zero-order valence-corrected chi connectivity index (χ0v) is 17.2. The Bertz CT molecular complexity index is 965. The number of aromatic nitrogens is 4. The minimum atomic E-state index is -0.00956. The van der Waals surface area contributed by atoms with Gasteiger partial charge in [0.1, 0.15) is 18.5 Å². The van der Waals surface area contributed by atoms with Gasteiger partial charge in [-0.3, -0.25) is 9.48 Å². The number of para-hydroxylation sites is 1. The topological polar surface area (TPSA) is 79.2 Å². The molecule has 2 aromatic heterocycles. The van der Waals surface area contributed by atoms with E-state index in [0.717, 1.165) is 37.6 Å². The third-order valence-electron chi connectivity index (χ3n) is 5.41. The number of anilines is 2. The minimum Gasteiger partial charge on any atom is -0.368 e. The number of piperazine rings is 1. The smallest absolute Gasteiger partial charge is 0.222 e. The van der Waals surface area contributed by atoms with E-state index in [-0.39, 0.29) is 5.91 Å². The van der Waals surface area contributed by atoms with Crippen molar-refractivity contribution in [3.8, 4) is 0 Å². The predicted octanol–water partition coefficient (Wildman–Crippen LogP) is 2.01. The molecule has 0 radical (unpaired) electrons. The first-order chi connectivity index (χ1) is 14.7. The Balaban J connectivity index is 1.33. The standard InChI is InChI=1S/C22H27N7O/c1-18-5-2-3-7-20(18)27-11-13-28(14-12-27)22-19(6-4-9-24-22)15-25-21(30)8-10-29-17-23-16-26-29/h2-7,9,16-17H,8,10-15H2,1H3,(H,25,30). The van der Waals surface area contributed by atoms with Gasteiger partial charge in [0.25, 0.3) is 0 Å². The summed E-state index contributed by atoms with van der Waals surface area (Å²) in [6.45, 7) is 6.85. The summed E-state index contributed by atoms with van der Waals surface area (Å²) < 4.78 is 1.66. The van der Waals surface area contributed by atoms with Crippen molar-refractivity contribution in [1.29, 1.82) is 0 Å². The van der Waals surface area contributed by atoms with Crippen molar-refractivity contribution >= 4 is 17.4 Å². The summed E-state index contributed by atoms with van der Waals surface area (Å²) >= 11 is 0. The highest BCUT2D eigenvalue weighted by Crippen LogP contribution is 2.24. The van der Waals surface area contributed by atoms with Gasteiger partial charge in [-0.2, -0.15) is 5.10 Å². The van der Waals surface area contributed by atoms with Crippen LogP contribution in [-0.2, 0) is 17.9 Å². The molecule has 1 aromatic carbocycles. The monoisotopic (exact) mass is 405 g/mol. The number of nitrogens with zero attached hydrogens (tertiary/aromatic N) is 6. The second-order valence-electron chi connectivity index (χ2n) is 7.43. The number of aryl methyl sites for hydroxylation is 2. The lowest BCUT2D eigenvalue weighted by molar-refractivity contribution is -0.121. The fourth-order valence-corrected chi connectivity index (χ4v) is 3.78. The summed E-state index contributed by atoms with van der Waals surface area (Å²) in [4.78, 5) is 25.5. The van der Waals surface area contributed by atoms with Crippen LogP contribution < -0.4 is 15.1 Å². The Hall–Kier alpha value is -3.42. The maximum Gasteiger partial charge on any atom is 0.222 e. The summed E-state index contributed by atoms with van der Waals surface area (Å²) in [5.41, 5.74) is 3.65. The molecule has 8 nitrogen and oxygen atoms in total. The fourth-order valence-electron chi connectivity index (χ4n) is 3.78.